The first-order valence-electron chi connectivity index (χ1n) is 6.19. The predicted molar refractivity (Wildman–Crippen MR) is 76.1 cm³/mol. The maximum absolute atomic E-state index is 11.9. The Balaban J connectivity index is 1.95. The smallest absolute Gasteiger partial charge is 0.269 e. The fourth-order valence-corrected chi connectivity index (χ4v) is 1.57. The first-order chi connectivity index (χ1) is 10.1. The molecule has 21 heavy (non-hydrogen) atoms. The van der Waals surface area contributed by atoms with Crippen LogP contribution in [0.5, 0.6) is 5.75 Å². The maximum atomic E-state index is 11.9. The number of hydrogen-bond donors (Lipinski definition) is 1. The van der Waals surface area contributed by atoms with E-state index in [1.54, 1.807) is 31.3 Å². The van der Waals surface area contributed by atoms with Crippen LogP contribution in [0.25, 0.3) is 0 Å². The molecule has 0 aliphatic rings. The Bertz CT molecular complexity index is 628. The van der Waals surface area contributed by atoms with Crippen LogP contribution in [0.1, 0.15) is 6.92 Å². The summed E-state index contributed by atoms with van der Waals surface area (Å²) in [7, 11) is 0. The minimum atomic E-state index is -0.756. The third-order valence-corrected chi connectivity index (χ3v) is 2.65. The third-order valence-electron chi connectivity index (χ3n) is 2.65. The highest BCUT2D eigenvalue weighted by Crippen LogP contribution is 2.18. The number of anilines is 1. The first-order valence-corrected chi connectivity index (χ1v) is 6.19. The van der Waals surface area contributed by atoms with E-state index in [2.05, 4.69) is 10.3 Å². The molecule has 0 aliphatic carbocycles. The van der Waals surface area contributed by atoms with Gasteiger partial charge >= 0.3 is 0 Å². The van der Waals surface area contributed by atoms with Crippen LogP contribution in [0, 0.1) is 10.1 Å². The predicted octanol–water partition coefficient (Wildman–Crippen LogP) is 2.40. The molecule has 0 spiro atoms. The number of ether oxygens (including phenoxy) is 1. The summed E-state index contributed by atoms with van der Waals surface area (Å²) in [6.45, 7) is 1.58. The lowest BCUT2D eigenvalue weighted by Crippen LogP contribution is -2.30. The summed E-state index contributed by atoms with van der Waals surface area (Å²) in [6.07, 6.45) is 0.811. The average Bonchev–Trinajstić information content (AvgIpc) is 2.48. The summed E-state index contributed by atoms with van der Waals surface area (Å²) in [4.78, 5) is 25.9. The summed E-state index contributed by atoms with van der Waals surface area (Å²) < 4.78 is 5.42. The Morgan fingerprint density at radius 1 is 1.29 bits per heavy atom. The number of carbonyl (C=O) groups is 1. The van der Waals surface area contributed by atoms with Gasteiger partial charge in [-0.3, -0.25) is 14.9 Å². The molecule has 0 aliphatic heterocycles. The Hall–Kier alpha value is -2.96. The molecule has 0 fully saturated rings. The first kappa shape index (κ1) is 14.4. The molecule has 1 unspecified atom stereocenters. The Morgan fingerprint density at radius 3 is 2.57 bits per heavy atom. The van der Waals surface area contributed by atoms with Crippen molar-refractivity contribution in [3.05, 3.63) is 58.8 Å². The van der Waals surface area contributed by atoms with Crippen molar-refractivity contribution in [2.45, 2.75) is 13.0 Å². The molecule has 0 bridgehead atoms. The number of nitro groups is 1. The number of non-ortho nitro benzene ring substituents is 1. The highest BCUT2D eigenvalue weighted by atomic mass is 16.6. The number of aromatic nitrogens is 1. The average molecular weight is 287 g/mol. The van der Waals surface area contributed by atoms with Gasteiger partial charge in [-0.15, -0.1) is 0 Å². The molecule has 1 aromatic carbocycles. The van der Waals surface area contributed by atoms with Crippen molar-refractivity contribution in [1.29, 1.82) is 0 Å². The monoisotopic (exact) mass is 287 g/mol. The third kappa shape index (κ3) is 4.00. The normalized spacial score (nSPS) is 11.5. The van der Waals surface area contributed by atoms with E-state index in [9.17, 15) is 14.9 Å². The topological polar surface area (TPSA) is 94.4 Å². The fourth-order valence-electron chi connectivity index (χ4n) is 1.57. The van der Waals surface area contributed by atoms with Crippen molar-refractivity contribution >= 4 is 17.4 Å². The van der Waals surface area contributed by atoms with E-state index in [-0.39, 0.29) is 11.6 Å². The van der Waals surface area contributed by atoms with Crippen molar-refractivity contribution in [3.63, 3.8) is 0 Å². The maximum Gasteiger partial charge on any atom is 0.269 e. The second-order valence-electron chi connectivity index (χ2n) is 4.22. The second kappa shape index (κ2) is 6.47. The van der Waals surface area contributed by atoms with Crippen molar-refractivity contribution in [2.24, 2.45) is 0 Å². The van der Waals surface area contributed by atoms with Crippen LogP contribution in [-0.4, -0.2) is 21.9 Å². The zero-order valence-corrected chi connectivity index (χ0v) is 11.2. The summed E-state index contributed by atoms with van der Waals surface area (Å²) in [6, 6.07) is 10.7. The van der Waals surface area contributed by atoms with Gasteiger partial charge in [0.1, 0.15) is 11.6 Å². The van der Waals surface area contributed by atoms with E-state index in [1.165, 1.54) is 24.3 Å². The molecule has 1 amide bonds. The number of nitro benzene ring substituents is 1. The van der Waals surface area contributed by atoms with Crippen LogP contribution in [-0.2, 0) is 4.79 Å². The van der Waals surface area contributed by atoms with Gasteiger partial charge in [0, 0.05) is 18.3 Å². The van der Waals surface area contributed by atoms with Crippen molar-refractivity contribution in [3.8, 4) is 5.75 Å². The minimum absolute atomic E-state index is 0.0343. The Kier molecular flexibility index (Phi) is 4.45. The molecule has 2 rings (SSSR count). The minimum Gasteiger partial charge on any atom is -0.481 e. The summed E-state index contributed by atoms with van der Waals surface area (Å²) >= 11 is 0. The van der Waals surface area contributed by atoms with Gasteiger partial charge in [-0.25, -0.2) is 4.98 Å². The number of carbonyl (C=O) groups excluding carboxylic acids is 1. The quantitative estimate of drug-likeness (QED) is 0.673. The largest absolute Gasteiger partial charge is 0.481 e. The van der Waals surface area contributed by atoms with Crippen LogP contribution in [0.4, 0.5) is 11.5 Å². The number of rotatable bonds is 5. The van der Waals surface area contributed by atoms with Gasteiger partial charge in [-0.2, -0.15) is 0 Å². The van der Waals surface area contributed by atoms with Crippen LogP contribution in [0.3, 0.4) is 0 Å². The van der Waals surface area contributed by atoms with Gasteiger partial charge in [0.25, 0.3) is 11.6 Å². The van der Waals surface area contributed by atoms with Gasteiger partial charge < -0.3 is 10.1 Å². The number of amides is 1. The van der Waals surface area contributed by atoms with Crippen molar-refractivity contribution in [2.75, 3.05) is 5.32 Å². The van der Waals surface area contributed by atoms with Crippen molar-refractivity contribution in [1.82, 2.24) is 4.98 Å². The molecule has 2 aromatic rings. The van der Waals surface area contributed by atoms with E-state index in [0.29, 0.717) is 11.6 Å². The van der Waals surface area contributed by atoms with Crippen LogP contribution >= 0.6 is 0 Å². The summed E-state index contributed by atoms with van der Waals surface area (Å²) in [5, 5.41) is 13.1. The molecule has 0 saturated heterocycles. The lowest BCUT2D eigenvalue weighted by Gasteiger charge is -2.14. The SMILES string of the molecule is CC(Oc1ccc([N+](=O)[O-])cc1)C(=O)Nc1ccccn1. The summed E-state index contributed by atoms with van der Waals surface area (Å²) in [5.41, 5.74) is -0.0343. The van der Waals surface area contributed by atoms with E-state index in [4.69, 9.17) is 4.74 Å². The lowest BCUT2D eigenvalue weighted by molar-refractivity contribution is -0.384. The number of hydrogen-bond acceptors (Lipinski definition) is 5. The highest BCUT2D eigenvalue weighted by Gasteiger charge is 2.15. The van der Waals surface area contributed by atoms with Crippen LogP contribution in [0.15, 0.2) is 48.7 Å². The van der Waals surface area contributed by atoms with Gasteiger partial charge in [-0.05, 0) is 31.2 Å². The molecule has 1 heterocycles. The molecule has 7 heteroatoms. The van der Waals surface area contributed by atoms with E-state index in [1.807, 2.05) is 0 Å². The number of benzene rings is 1. The van der Waals surface area contributed by atoms with Crippen LogP contribution in [0.2, 0.25) is 0 Å². The zero-order chi connectivity index (χ0) is 15.2. The zero-order valence-electron chi connectivity index (χ0n) is 11.2. The molecule has 1 aromatic heterocycles. The molecule has 1 atom stereocenters. The highest BCUT2D eigenvalue weighted by molar-refractivity contribution is 5.93. The summed E-state index contributed by atoms with van der Waals surface area (Å²) in [5.74, 6) is 0.456. The van der Waals surface area contributed by atoms with Crippen molar-refractivity contribution < 1.29 is 14.5 Å². The number of nitrogens with one attached hydrogen (secondary N) is 1. The lowest BCUT2D eigenvalue weighted by atomic mass is 10.3. The van der Waals surface area contributed by atoms with E-state index < -0.39 is 11.0 Å². The van der Waals surface area contributed by atoms with Gasteiger partial charge in [0.05, 0.1) is 4.92 Å². The number of pyridine rings is 1. The molecule has 7 nitrogen and oxygen atoms in total. The van der Waals surface area contributed by atoms with Gasteiger partial charge in [0.2, 0.25) is 0 Å². The molecular formula is C14H13N3O4. The standard InChI is InChI=1S/C14H13N3O4/c1-10(14(18)16-13-4-2-3-9-15-13)21-12-7-5-11(6-8-12)17(19)20/h2-10H,1H3,(H,15,16,18). The van der Waals surface area contributed by atoms with E-state index >= 15 is 0 Å². The van der Waals surface area contributed by atoms with Gasteiger partial charge in [-0.1, -0.05) is 6.07 Å². The molecular weight excluding hydrogens is 274 g/mol. The second-order valence-corrected chi connectivity index (χ2v) is 4.22. The Labute approximate surface area is 120 Å². The number of nitrogens with zero attached hydrogens (tertiary/aromatic N) is 2. The molecule has 108 valence electrons. The molecule has 0 saturated carbocycles. The molecule has 0 radical (unpaired) electrons. The van der Waals surface area contributed by atoms with Crippen LogP contribution < -0.4 is 10.1 Å². The van der Waals surface area contributed by atoms with Gasteiger partial charge in [0.15, 0.2) is 6.10 Å². The fraction of sp³-hybridized carbons (Fsp3) is 0.143. The van der Waals surface area contributed by atoms with E-state index in [0.717, 1.165) is 0 Å². The molecule has 1 N–H and O–H groups in total. The Morgan fingerprint density at radius 2 is 2.00 bits per heavy atom.